The molecular weight excluding hydrogens is 401 g/mol. The Labute approximate surface area is 171 Å². The number of piperazine rings is 1. The lowest BCUT2D eigenvalue weighted by Gasteiger charge is -2.34. The molecule has 29 heavy (non-hydrogen) atoms. The topological polar surface area (TPSA) is 48.5 Å². The molecule has 2 aromatic rings. The second-order valence-electron chi connectivity index (χ2n) is 6.66. The third-order valence-corrected chi connectivity index (χ3v) is 5.28. The lowest BCUT2D eigenvalue weighted by Crippen LogP contribution is -2.51. The van der Waals surface area contributed by atoms with Gasteiger partial charge in [0.1, 0.15) is 0 Å². The largest absolute Gasteiger partial charge is 0.416 e. The second-order valence-corrected chi connectivity index (χ2v) is 7.72. The predicted molar refractivity (Wildman–Crippen MR) is 105 cm³/mol. The van der Waals surface area contributed by atoms with Gasteiger partial charge in [-0.05, 0) is 25.1 Å². The van der Waals surface area contributed by atoms with Crippen molar-refractivity contribution in [1.29, 1.82) is 0 Å². The van der Waals surface area contributed by atoms with Crippen molar-refractivity contribution in [2.45, 2.75) is 19.6 Å². The number of halogens is 3. The van der Waals surface area contributed by atoms with Crippen LogP contribution in [-0.4, -0.2) is 53.5 Å². The van der Waals surface area contributed by atoms with Gasteiger partial charge in [0, 0.05) is 43.7 Å². The van der Waals surface area contributed by atoms with Crippen molar-refractivity contribution >= 4 is 17.4 Å². The number of rotatable bonds is 3. The molecule has 2 amide bonds. The van der Waals surface area contributed by atoms with Crippen LogP contribution in [0, 0.1) is 18.8 Å². The van der Waals surface area contributed by atoms with Crippen molar-refractivity contribution in [1.82, 2.24) is 20.1 Å². The molecule has 0 aliphatic carbocycles. The minimum absolute atomic E-state index is 0.0768. The monoisotopic (exact) mass is 422 g/mol. The van der Waals surface area contributed by atoms with Gasteiger partial charge in [0.15, 0.2) is 0 Å². The van der Waals surface area contributed by atoms with E-state index in [-0.39, 0.29) is 18.1 Å². The van der Waals surface area contributed by atoms with Crippen LogP contribution in [0.5, 0.6) is 0 Å². The standard InChI is InChI=1S/C20H21F3N4OS/c1-15-25-18(14-29-15)13-26-8-10-27(11-9-26)19(28)24-7-3-5-16-4-2-6-17(12-16)20(21,22)23/h2,4,6,12,14H,7-11,13H2,1H3,(H,24,28). The van der Waals surface area contributed by atoms with Crippen LogP contribution < -0.4 is 5.32 Å². The summed E-state index contributed by atoms with van der Waals surface area (Å²) in [4.78, 5) is 20.7. The minimum Gasteiger partial charge on any atom is -0.327 e. The van der Waals surface area contributed by atoms with E-state index in [2.05, 4.69) is 32.4 Å². The summed E-state index contributed by atoms with van der Waals surface area (Å²) in [5, 5.41) is 5.80. The lowest BCUT2D eigenvalue weighted by molar-refractivity contribution is -0.137. The van der Waals surface area contributed by atoms with Crippen molar-refractivity contribution in [3.63, 3.8) is 0 Å². The summed E-state index contributed by atoms with van der Waals surface area (Å²) in [5.41, 5.74) is 0.578. The molecule has 0 spiro atoms. The van der Waals surface area contributed by atoms with Crippen molar-refractivity contribution in [2.75, 3.05) is 32.7 Å². The number of hydrogen-bond acceptors (Lipinski definition) is 4. The number of alkyl halides is 3. The smallest absolute Gasteiger partial charge is 0.327 e. The number of carbonyl (C=O) groups excluding carboxylic acids is 1. The maximum absolute atomic E-state index is 12.7. The Bertz CT molecular complexity index is 908. The van der Waals surface area contributed by atoms with Crippen LogP contribution in [0.25, 0.3) is 0 Å². The van der Waals surface area contributed by atoms with E-state index in [9.17, 15) is 18.0 Å². The maximum Gasteiger partial charge on any atom is 0.416 e. The fraction of sp³-hybridized carbons (Fsp3) is 0.400. The minimum atomic E-state index is -4.40. The van der Waals surface area contributed by atoms with Gasteiger partial charge in [-0.15, -0.1) is 11.3 Å². The first-order chi connectivity index (χ1) is 13.8. The highest BCUT2D eigenvalue weighted by Gasteiger charge is 2.30. The molecule has 1 aromatic heterocycles. The van der Waals surface area contributed by atoms with Crippen LogP contribution in [0.2, 0.25) is 0 Å². The summed E-state index contributed by atoms with van der Waals surface area (Å²) in [6.07, 6.45) is -4.40. The van der Waals surface area contributed by atoms with Gasteiger partial charge in [0.2, 0.25) is 0 Å². The Kier molecular flexibility index (Phi) is 6.77. The highest BCUT2D eigenvalue weighted by Crippen LogP contribution is 2.29. The molecule has 3 rings (SSSR count). The number of aromatic nitrogens is 1. The van der Waals surface area contributed by atoms with E-state index < -0.39 is 11.7 Å². The zero-order valence-electron chi connectivity index (χ0n) is 15.9. The van der Waals surface area contributed by atoms with Crippen LogP contribution >= 0.6 is 11.3 Å². The number of benzene rings is 1. The Hall–Kier alpha value is -2.57. The lowest BCUT2D eigenvalue weighted by atomic mass is 10.1. The van der Waals surface area contributed by atoms with Gasteiger partial charge >= 0.3 is 12.2 Å². The zero-order chi connectivity index (χ0) is 20.9. The average Bonchev–Trinajstić information content (AvgIpc) is 3.10. The molecule has 0 saturated carbocycles. The van der Waals surface area contributed by atoms with Gasteiger partial charge in [-0.2, -0.15) is 13.2 Å². The SMILES string of the molecule is Cc1nc(CN2CCN(C(=O)NCC#Cc3cccc(C(F)(F)F)c3)CC2)cs1. The molecule has 2 heterocycles. The molecule has 0 atom stereocenters. The Morgan fingerprint density at radius 1 is 1.28 bits per heavy atom. The van der Waals surface area contributed by atoms with Crippen molar-refractivity contribution in [2.24, 2.45) is 0 Å². The van der Waals surface area contributed by atoms with E-state index in [1.165, 1.54) is 12.1 Å². The number of carbonyl (C=O) groups is 1. The number of aryl methyl sites for hydroxylation is 1. The number of nitrogens with one attached hydrogen (secondary N) is 1. The molecule has 1 aliphatic rings. The Morgan fingerprint density at radius 3 is 2.69 bits per heavy atom. The van der Waals surface area contributed by atoms with E-state index in [4.69, 9.17) is 0 Å². The van der Waals surface area contributed by atoms with Gasteiger partial charge in [0.25, 0.3) is 0 Å². The van der Waals surface area contributed by atoms with Gasteiger partial charge in [-0.1, -0.05) is 17.9 Å². The molecule has 0 unspecified atom stereocenters. The zero-order valence-corrected chi connectivity index (χ0v) is 16.7. The number of thiazole rings is 1. The van der Waals surface area contributed by atoms with Crippen LogP contribution in [0.1, 0.15) is 21.8 Å². The van der Waals surface area contributed by atoms with Crippen molar-refractivity contribution in [3.8, 4) is 11.8 Å². The summed E-state index contributed by atoms with van der Waals surface area (Å²) in [7, 11) is 0. The van der Waals surface area contributed by atoms with Gasteiger partial charge in [-0.25, -0.2) is 9.78 Å². The number of hydrogen-bond donors (Lipinski definition) is 1. The highest BCUT2D eigenvalue weighted by molar-refractivity contribution is 7.09. The van der Waals surface area contributed by atoms with Crippen LogP contribution in [-0.2, 0) is 12.7 Å². The molecular formula is C20H21F3N4OS. The van der Waals surface area contributed by atoms with Gasteiger partial charge in [0.05, 0.1) is 22.8 Å². The third-order valence-electron chi connectivity index (χ3n) is 4.46. The first kappa shape index (κ1) is 21.1. The second kappa shape index (κ2) is 9.29. The highest BCUT2D eigenvalue weighted by atomic mass is 32.1. The average molecular weight is 422 g/mol. The van der Waals surface area contributed by atoms with E-state index in [1.807, 2.05) is 6.92 Å². The molecule has 154 valence electrons. The number of urea groups is 1. The fourth-order valence-electron chi connectivity index (χ4n) is 2.97. The summed E-state index contributed by atoms with van der Waals surface area (Å²) in [6.45, 7) is 5.58. The maximum atomic E-state index is 12.7. The molecule has 1 aliphatic heterocycles. The molecule has 1 fully saturated rings. The quantitative estimate of drug-likeness (QED) is 0.772. The van der Waals surface area contributed by atoms with Crippen LogP contribution in [0.15, 0.2) is 29.6 Å². The predicted octanol–water partition coefficient (Wildman–Crippen LogP) is 3.35. The van der Waals surface area contributed by atoms with E-state index >= 15 is 0 Å². The van der Waals surface area contributed by atoms with E-state index in [0.29, 0.717) is 13.1 Å². The summed E-state index contributed by atoms with van der Waals surface area (Å²) in [5.74, 6) is 5.35. The molecule has 1 saturated heterocycles. The molecule has 1 aromatic carbocycles. The summed E-state index contributed by atoms with van der Waals surface area (Å²) >= 11 is 1.63. The number of nitrogens with zero attached hydrogens (tertiary/aromatic N) is 3. The molecule has 0 bridgehead atoms. The van der Waals surface area contributed by atoms with Crippen molar-refractivity contribution < 1.29 is 18.0 Å². The van der Waals surface area contributed by atoms with E-state index in [0.717, 1.165) is 42.5 Å². The van der Waals surface area contributed by atoms with Crippen molar-refractivity contribution in [3.05, 3.63) is 51.5 Å². The molecule has 1 N–H and O–H groups in total. The third kappa shape index (κ3) is 6.21. The molecule has 9 heteroatoms. The van der Waals surface area contributed by atoms with Crippen LogP contribution in [0.4, 0.5) is 18.0 Å². The van der Waals surface area contributed by atoms with Gasteiger partial charge < -0.3 is 10.2 Å². The Balaban J connectivity index is 1.42. The fourth-order valence-corrected chi connectivity index (χ4v) is 3.57. The van der Waals surface area contributed by atoms with Crippen LogP contribution in [0.3, 0.4) is 0 Å². The van der Waals surface area contributed by atoms with Gasteiger partial charge in [-0.3, -0.25) is 4.90 Å². The summed E-state index contributed by atoms with van der Waals surface area (Å²) < 4.78 is 38.1. The normalized spacial score (nSPS) is 15.0. The first-order valence-electron chi connectivity index (χ1n) is 9.13. The number of amides is 2. The Morgan fingerprint density at radius 2 is 2.03 bits per heavy atom. The van der Waals surface area contributed by atoms with E-state index in [1.54, 1.807) is 16.2 Å². The molecule has 5 nitrogen and oxygen atoms in total. The first-order valence-corrected chi connectivity index (χ1v) is 10.0. The molecule has 0 radical (unpaired) electrons. The summed E-state index contributed by atoms with van der Waals surface area (Å²) in [6, 6.07) is 4.61.